The van der Waals surface area contributed by atoms with Crippen LogP contribution in [0.3, 0.4) is 0 Å². The number of rotatable bonds is 6. The SMILES string of the molecule is N#Cc1c(-c2ccoc2)cc(-c2cccs2)nc1OCc1ccc(C(=O)NC2=NNNN2)cc1.[Na+]. The molecule has 4 N–H and O–H groups in total. The summed E-state index contributed by atoms with van der Waals surface area (Å²) in [6.45, 7) is 0.171. The molecule has 0 fully saturated rings. The molecule has 0 spiro atoms. The Bertz CT molecular complexity index is 1380. The van der Waals surface area contributed by atoms with Gasteiger partial charge >= 0.3 is 29.6 Å². The fourth-order valence-electron chi connectivity index (χ4n) is 3.27. The van der Waals surface area contributed by atoms with Gasteiger partial charge in [-0.2, -0.15) is 5.26 Å². The number of carbonyl (C=O) groups is 1. The number of furan rings is 1. The molecule has 1 amide bonds. The van der Waals surface area contributed by atoms with Gasteiger partial charge in [0, 0.05) is 16.7 Å². The minimum absolute atomic E-state index is 0. The van der Waals surface area contributed by atoms with Crippen molar-refractivity contribution in [3.63, 3.8) is 0 Å². The normalized spacial score (nSPS) is 11.9. The number of hydrogen-bond acceptors (Lipinski definition) is 10. The van der Waals surface area contributed by atoms with Crippen LogP contribution < -0.4 is 56.1 Å². The first kappa shape index (κ1) is 24.5. The van der Waals surface area contributed by atoms with E-state index in [-0.39, 0.29) is 53.9 Å². The number of benzene rings is 1. The number of hydrazone groups is 1. The molecular weight excluding hydrogens is 477 g/mol. The molecule has 4 aromatic rings. The van der Waals surface area contributed by atoms with Crippen molar-refractivity contribution in [1.82, 2.24) is 26.8 Å². The summed E-state index contributed by atoms with van der Waals surface area (Å²) in [7, 11) is 0. The number of hydrogen-bond donors (Lipinski definition) is 4. The van der Waals surface area contributed by atoms with Gasteiger partial charge in [-0.3, -0.25) is 15.5 Å². The van der Waals surface area contributed by atoms with Gasteiger partial charge in [-0.15, -0.1) is 22.0 Å². The van der Waals surface area contributed by atoms with Crippen molar-refractivity contribution in [1.29, 1.82) is 5.26 Å². The van der Waals surface area contributed by atoms with Crippen LogP contribution in [0.5, 0.6) is 5.88 Å². The molecule has 0 unspecified atom stereocenters. The fraction of sp³-hybridized carbons (Fsp3) is 0.0435. The van der Waals surface area contributed by atoms with Crippen molar-refractivity contribution in [2.24, 2.45) is 5.10 Å². The molecule has 10 nitrogen and oxygen atoms in total. The van der Waals surface area contributed by atoms with Crippen LogP contribution in [0.15, 0.2) is 76.0 Å². The Labute approximate surface area is 226 Å². The number of pyridine rings is 1. The molecular formula is C23H17N7NaO3S+. The third-order valence-electron chi connectivity index (χ3n) is 4.93. The zero-order chi connectivity index (χ0) is 23.3. The third kappa shape index (κ3) is 5.54. The Hall–Kier alpha value is -3.66. The summed E-state index contributed by atoms with van der Waals surface area (Å²) in [5.74, 6) is 0.189. The van der Waals surface area contributed by atoms with Gasteiger partial charge in [-0.25, -0.2) is 10.5 Å². The Balaban J connectivity index is 0.00000289. The van der Waals surface area contributed by atoms with Crippen molar-refractivity contribution in [3.8, 4) is 33.6 Å². The summed E-state index contributed by atoms with van der Waals surface area (Å²) in [6, 6.07) is 16.7. The van der Waals surface area contributed by atoms with E-state index in [1.165, 1.54) is 0 Å². The molecule has 0 radical (unpaired) electrons. The van der Waals surface area contributed by atoms with Crippen LogP contribution in [0.1, 0.15) is 21.5 Å². The van der Waals surface area contributed by atoms with Crippen LogP contribution in [0.25, 0.3) is 21.7 Å². The topological polar surface area (TPSA) is 137 Å². The molecule has 0 bridgehead atoms. The number of amides is 1. The number of aromatic nitrogens is 1. The molecule has 0 atom stereocenters. The second-order valence-electron chi connectivity index (χ2n) is 7.10. The smallest absolute Gasteiger partial charge is 0.472 e. The van der Waals surface area contributed by atoms with E-state index in [2.05, 4.69) is 38.0 Å². The van der Waals surface area contributed by atoms with Crippen molar-refractivity contribution in [3.05, 3.63) is 83.1 Å². The largest absolute Gasteiger partial charge is 1.00 e. The minimum atomic E-state index is -0.314. The number of guanidine groups is 1. The monoisotopic (exact) mass is 494 g/mol. The van der Waals surface area contributed by atoms with E-state index in [0.29, 0.717) is 22.4 Å². The van der Waals surface area contributed by atoms with Gasteiger partial charge in [-0.1, -0.05) is 18.2 Å². The van der Waals surface area contributed by atoms with E-state index in [1.807, 2.05) is 23.6 Å². The molecule has 0 saturated heterocycles. The maximum Gasteiger partial charge on any atom is 1.00 e. The predicted molar refractivity (Wildman–Crippen MR) is 125 cm³/mol. The Morgan fingerprint density at radius 2 is 2.09 bits per heavy atom. The quantitative estimate of drug-likeness (QED) is 0.278. The number of nitrogens with one attached hydrogen (secondary N) is 4. The number of carbonyl (C=O) groups excluding carboxylic acids is 1. The maximum absolute atomic E-state index is 12.3. The van der Waals surface area contributed by atoms with Crippen molar-refractivity contribution >= 4 is 23.2 Å². The maximum atomic E-state index is 12.3. The summed E-state index contributed by atoms with van der Waals surface area (Å²) < 4.78 is 11.2. The van der Waals surface area contributed by atoms with E-state index in [4.69, 9.17) is 9.15 Å². The van der Waals surface area contributed by atoms with Crippen LogP contribution in [-0.4, -0.2) is 16.9 Å². The summed E-state index contributed by atoms with van der Waals surface area (Å²) in [5, 5.41) is 18.3. The standard InChI is InChI=1S/C23H17N7O3S.Na/c24-11-18-17(16-7-8-32-13-16)10-19(20-2-1-9-34-20)25-22(18)33-12-14-3-5-15(6-4-14)21(31)26-23-27-29-30-28-23;/h1-10,13,29-30H,12H2,(H2,26,27,28,31);/q;+1. The summed E-state index contributed by atoms with van der Waals surface area (Å²) in [5.41, 5.74) is 11.4. The second-order valence-corrected chi connectivity index (χ2v) is 8.05. The molecule has 1 aromatic carbocycles. The Morgan fingerprint density at radius 3 is 2.74 bits per heavy atom. The van der Waals surface area contributed by atoms with E-state index < -0.39 is 0 Å². The zero-order valence-electron chi connectivity index (χ0n) is 18.5. The van der Waals surface area contributed by atoms with E-state index in [9.17, 15) is 10.1 Å². The number of ether oxygens (including phenoxy) is 1. The van der Waals surface area contributed by atoms with E-state index in [1.54, 1.807) is 54.2 Å². The average molecular weight is 494 g/mol. The molecule has 168 valence electrons. The van der Waals surface area contributed by atoms with Crippen LogP contribution >= 0.6 is 11.3 Å². The van der Waals surface area contributed by atoms with Crippen molar-refractivity contribution in [2.45, 2.75) is 6.61 Å². The Morgan fingerprint density at radius 1 is 1.23 bits per heavy atom. The van der Waals surface area contributed by atoms with Crippen molar-refractivity contribution < 1.29 is 43.5 Å². The van der Waals surface area contributed by atoms with Gasteiger partial charge in [0.05, 0.1) is 23.1 Å². The molecule has 5 rings (SSSR count). The van der Waals surface area contributed by atoms with Crippen LogP contribution in [0.2, 0.25) is 0 Å². The molecule has 0 aliphatic carbocycles. The van der Waals surface area contributed by atoms with Gasteiger partial charge < -0.3 is 9.15 Å². The molecule has 1 aliphatic rings. The van der Waals surface area contributed by atoms with Gasteiger partial charge in [0.15, 0.2) is 0 Å². The van der Waals surface area contributed by atoms with Crippen LogP contribution in [0, 0.1) is 11.3 Å². The van der Waals surface area contributed by atoms with Gasteiger partial charge in [-0.05, 0) is 41.3 Å². The molecule has 1 aliphatic heterocycles. The second kappa shape index (κ2) is 11.2. The van der Waals surface area contributed by atoms with Gasteiger partial charge in [0.25, 0.3) is 5.91 Å². The van der Waals surface area contributed by atoms with Crippen LogP contribution in [0.4, 0.5) is 0 Å². The molecule has 0 saturated carbocycles. The van der Waals surface area contributed by atoms with Crippen molar-refractivity contribution in [2.75, 3.05) is 0 Å². The first-order valence-electron chi connectivity index (χ1n) is 10.1. The third-order valence-corrected chi connectivity index (χ3v) is 5.82. The fourth-order valence-corrected chi connectivity index (χ4v) is 3.96. The van der Waals surface area contributed by atoms with E-state index >= 15 is 0 Å². The minimum Gasteiger partial charge on any atom is -0.472 e. The van der Waals surface area contributed by atoms with Gasteiger partial charge in [0.1, 0.15) is 18.2 Å². The summed E-state index contributed by atoms with van der Waals surface area (Å²) in [6.07, 6.45) is 3.14. The molecule has 3 aromatic heterocycles. The zero-order valence-corrected chi connectivity index (χ0v) is 21.3. The predicted octanol–water partition coefficient (Wildman–Crippen LogP) is 0.138. The number of nitriles is 1. The molecule has 12 heteroatoms. The summed E-state index contributed by atoms with van der Waals surface area (Å²) >= 11 is 1.55. The first-order valence-corrected chi connectivity index (χ1v) is 11.0. The number of hydrazine groups is 2. The summed E-state index contributed by atoms with van der Waals surface area (Å²) in [4.78, 5) is 17.9. The van der Waals surface area contributed by atoms with E-state index in [0.717, 1.165) is 16.0 Å². The Kier molecular flexibility index (Phi) is 7.81. The average Bonchev–Trinajstić information content (AvgIpc) is 3.66. The number of nitrogens with zero attached hydrogens (tertiary/aromatic N) is 3. The van der Waals surface area contributed by atoms with Crippen LogP contribution in [-0.2, 0) is 6.61 Å². The molecule has 4 heterocycles. The number of thiophene rings is 1. The van der Waals surface area contributed by atoms with Gasteiger partial charge in [0.2, 0.25) is 11.8 Å². The molecule has 35 heavy (non-hydrogen) atoms. The first-order chi connectivity index (χ1) is 16.7.